The van der Waals surface area contributed by atoms with Crippen molar-refractivity contribution >= 4 is 11.9 Å². The van der Waals surface area contributed by atoms with Gasteiger partial charge >= 0.3 is 5.97 Å². The van der Waals surface area contributed by atoms with Crippen LogP contribution < -0.4 is 10.1 Å². The van der Waals surface area contributed by atoms with Crippen LogP contribution in [0.3, 0.4) is 0 Å². The number of ether oxygens (including phenoxy) is 1. The quantitative estimate of drug-likeness (QED) is 0.751. The average molecular weight is 370 g/mol. The fourth-order valence-electron chi connectivity index (χ4n) is 3.89. The first-order valence-electron chi connectivity index (χ1n) is 9.21. The topological polar surface area (TPSA) is 117 Å². The summed E-state index contributed by atoms with van der Waals surface area (Å²) in [5.74, 6) is 0.189. The van der Waals surface area contributed by atoms with E-state index in [2.05, 4.69) is 20.5 Å². The van der Waals surface area contributed by atoms with E-state index in [1.807, 2.05) is 13.0 Å². The monoisotopic (exact) mass is 370 g/mol. The van der Waals surface area contributed by atoms with Crippen molar-refractivity contribution in [3.63, 3.8) is 0 Å². The van der Waals surface area contributed by atoms with Crippen LogP contribution in [0.2, 0.25) is 0 Å². The van der Waals surface area contributed by atoms with Crippen molar-refractivity contribution in [2.24, 2.45) is 5.92 Å². The fourth-order valence-corrected chi connectivity index (χ4v) is 3.89. The Kier molecular flexibility index (Phi) is 4.55. The number of rotatable bonds is 4. The number of carbonyl (C=O) groups is 1. The summed E-state index contributed by atoms with van der Waals surface area (Å²) in [4.78, 5) is 15.7. The van der Waals surface area contributed by atoms with Crippen molar-refractivity contribution in [3.8, 4) is 22.8 Å². The van der Waals surface area contributed by atoms with E-state index in [9.17, 15) is 15.0 Å². The first-order chi connectivity index (χ1) is 13.0. The molecule has 0 bridgehead atoms. The van der Waals surface area contributed by atoms with Crippen LogP contribution in [0.25, 0.3) is 11.3 Å². The van der Waals surface area contributed by atoms with Gasteiger partial charge in [-0.2, -0.15) is 0 Å². The zero-order valence-corrected chi connectivity index (χ0v) is 15.1. The Hall–Kier alpha value is -2.90. The van der Waals surface area contributed by atoms with Crippen LogP contribution in [0.15, 0.2) is 12.1 Å². The van der Waals surface area contributed by atoms with Crippen LogP contribution in [0.5, 0.6) is 11.5 Å². The highest BCUT2D eigenvalue weighted by Crippen LogP contribution is 2.40. The number of nitrogens with one attached hydrogen (secondary N) is 1. The second kappa shape index (κ2) is 7.02. The van der Waals surface area contributed by atoms with Gasteiger partial charge in [-0.15, -0.1) is 10.2 Å². The van der Waals surface area contributed by atoms with E-state index >= 15 is 0 Å². The molecule has 4 rings (SSSR count). The molecule has 8 heteroatoms. The first kappa shape index (κ1) is 17.5. The fraction of sp³-hybridized carbons (Fsp3) is 0.474. The lowest BCUT2D eigenvalue weighted by Crippen LogP contribution is -2.31. The highest BCUT2D eigenvalue weighted by atomic mass is 16.5. The lowest BCUT2D eigenvalue weighted by Gasteiger charge is -2.27. The Morgan fingerprint density at radius 3 is 2.93 bits per heavy atom. The lowest BCUT2D eigenvalue weighted by molar-refractivity contribution is -0.142. The van der Waals surface area contributed by atoms with E-state index in [0.29, 0.717) is 54.5 Å². The smallest absolute Gasteiger partial charge is 0.306 e. The number of nitrogens with zero attached hydrogens (tertiary/aromatic N) is 3. The van der Waals surface area contributed by atoms with E-state index in [1.54, 1.807) is 6.07 Å². The number of carboxylic acids is 1. The maximum atomic E-state index is 11.2. The van der Waals surface area contributed by atoms with Crippen LogP contribution in [-0.4, -0.2) is 44.0 Å². The number of hydrogen-bond acceptors (Lipinski definition) is 7. The van der Waals surface area contributed by atoms with Crippen LogP contribution in [0.1, 0.15) is 36.9 Å². The number of carboxylic acid groups (broad SMARTS) is 1. The van der Waals surface area contributed by atoms with Gasteiger partial charge in [0.05, 0.1) is 18.2 Å². The highest BCUT2D eigenvalue weighted by molar-refractivity contribution is 5.73. The molecule has 2 heterocycles. The van der Waals surface area contributed by atoms with E-state index in [-0.39, 0.29) is 17.7 Å². The lowest BCUT2D eigenvalue weighted by atomic mass is 9.86. The molecule has 1 aliphatic heterocycles. The van der Waals surface area contributed by atoms with Gasteiger partial charge in [0.15, 0.2) is 0 Å². The largest absolute Gasteiger partial charge is 0.507 e. The Bertz CT molecular complexity index is 886. The molecular weight excluding hydrogens is 348 g/mol. The summed E-state index contributed by atoms with van der Waals surface area (Å²) < 4.78 is 5.47. The molecule has 3 N–H and O–H groups in total. The summed E-state index contributed by atoms with van der Waals surface area (Å²) in [6, 6.07) is 3.63. The van der Waals surface area contributed by atoms with Gasteiger partial charge in [0.25, 0.3) is 0 Å². The third-order valence-corrected chi connectivity index (χ3v) is 5.32. The normalized spacial score (nSPS) is 21.4. The van der Waals surface area contributed by atoms with E-state index < -0.39 is 5.97 Å². The van der Waals surface area contributed by atoms with E-state index in [1.165, 1.54) is 0 Å². The summed E-state index contributed by atoms with van der Waals surface area (Å²) in [6.07, 6.45) is 3.70. The summed E-state index contributed by atoms with van der Waals surface area (Å²) in [5, 5.41) is 31.4. The van der Waals surface area contributed by atoms with Gasteiger partial charge in [-0.3, -0.25) is 4.79 Å². The molecule has 2 atom stereocenters. The number of phenols is 1. The second-order valence-electron chi connectivity index (χ2n) is 7.15. The Labute approximate surface area is 156 Å². The van der Waals surface area contributed by atoms with Gasteiger partial charge in [0, 0.05) is 23.6 Å². The minimum Gasteiger partial charge on any atom is -0.507 e. The molecule has 0 saturated heterocycles. The molecule has 1 aromatic heterocycles. The first-order valence-corrected chi connectivity index (χ1v) is 9.21. The van der Waals surface area contributed by atoms with Gasteiger partial charge in [0.2, 0.25) is 5.95 Å². The molecule has 142 valence electrons. The number of fused-ring (bicyclic) bond motifs is 1. The third kappa shape index (κ3) is 3.39. The van der Waals surface area contributed by atoms with Crippen molar-refractivity contribution in [3.05, 3.63) is 23.4 Å². The number of aromatic hydroxyl groups is 1. The maximum absolute atomic E-state index is 11.2. The van der Waals surface area contributed by atoms with Crippen molar-refractivity contribution in [2.45, 2.75) is 45.1 Å². The summed E-state index contributed by atoms with van der Waals surface area (Å²) in [6.45, 7) is 2.39. The predicted molar refractivity (Wildman–Crippen MR) is 97.9 cm³/mol. The van der Waals surface area contributed by atoms with Gasteiger partial charge in [-0.25, -0.2) is 4.98 Å². The zero-order valence-electron chi connectivity index (χ0n) is 15.1. The van der Waals surface area contributed by atoms with Crippen LogP contribution in [0.4, 0.5) is 5.95 Å². The number of hydrogen-bond donors (Lipinski definition) is 3. The highest BCUT2D eigenvalue weighted by Gasteiger charge is 2.27. The van der Waals surface area contributed by atoms with Crippen LogP contribution in [-0.2, 0) is 11.2 Å². The molecular formula is C19H22N4O4. The van der Waals surface area contributed by atoms with Gasteiger partial charge in [-0.05, 0) is 38.3 Å². The number of anilines is 1. The average Bonchev–Trinajstić information content (AvgIpc) is 3.13. The van der Waals surface area contributed by atoms with Gasteiger partial charge < -0.3 is 20.3 Å². The minimum absolute atomic E-state index is 0.0254. The van der Waals surface area contributed by atoms with Crippen LogP contribution >= 0.6 is 0 Å². The predicted octanol–water partition coefficient (Wildman–Crippen LogP) is 2.54. The SMILES string of the molecule is Cc1nc(NC2CCCC(C(=O)O)C2)nnc1-c1ccc2c(c1O)CCO2. The molecule has 2 aromatic rings. The van der Waals surface area contributed by atoms with Gasteiger partial charge in [-0.1, -0.05) is 6.42 Å². The number of aryl methyl sites for hydroxylation is 1. The molecule has 0 amide bonds. The number of aliphatic carboxylic acids is 1. The van der Waals surface area contributed by atoms with Crippen molar-refractivity contribution < 1.29 is 19.7 Å². The standard InChI is InChI=1S/C19H22N4O4/c1-10-16(14-5-6-15-13(17(14)24)7-8-27-15)22-23-19(20-10)21-12-4-2-3-11(9-12)18(25)26/h5-6,11-12,24H,2-4,7-9H2,1H3,(H,25,26)(H,20,21,23). The maximum Gasteiger partial charge on any atom is 0.306 e. The molecule has 1 aliphatic carbocycles. The molecule has 1 aromatic carbocycles. The Balaban J connectivity index is 1.54. The Morgan fingerprint density at radius 2 is 2.15 bits per heavy atom. The molecule has 8 nitrogen and oxygen atoms in total. The third-order valence-electron chi connectivity index (χ3n) is 5.32. The van der Waals surface area contributed by atoms with E-state index in [0.717, 1.165) is 18.4 Å². The molecule has 0 radical (unpaired) electrons. The molecule has 1 saturated carbocycles. The number of phenolic OH excluding ortho intramolecular Hbond substituents is 1. The zero-order chi connectivity index (χ0) is 19.0. The summed E-state index contributed by atoms with van der Waals surface area (Å²) in [5.41, 5.74) is 2.55. The van der Waals surface area contributed by atoms with Crippen molar-refractivity contribution in [1.29, 1.82) is 0 Å². The van der Waals surface area contributed by atoms with Crippen molar-refractivity contribution in [1.82, 2.24) is 15.2 Å². The minimum atomic E-state index is -0.747. The van der Waals surface area contributed by atoms with Crippen LogP contribution in [0, 0.1) is 12.8 Å². The molecule has 27 heavy (non-hydrogen) atoms. The molecule has 2 unspecified atom stereocenters. The Morgan fingerprint density at radius 1 is 1.30 bits per heavy atom. The van der Waals surface area contributed by atoms with E-state index in [4.69, 9.17) is 4.74 Å². The molecule has 0 spiro atoms. The number of benzene rings is 1. The molecule has 1 fully saturated rings. The molecule has 2 aliphatic rings. The van der Waals surface area contributed by atoms with Gasteiger partial charge in [0.1, 0.15) is 17.2 Å². The summed E-state index contributed by atoms with van der Waals surface area (Å²) >= 11 is 0. The number of aromatic nitrogens is 3. The summed E-state index contributed by atoms with van der Waals surface area (Å²) in [7, 11) is 0. The second-order valence-corrected chi connectivity index (χ2v) is 7.15. The van der Waals surface area contributed by atoms with Crippen molar-refractivity contribution in [2.75, 3.05) is 11.9 Å².